The normalized spacial score (nSPS) is 16.8. The van der Waals surface area contributed by atoms with Crippen LogP contribution in [-0.2, 0) is 9.53 Å². The second-order valence-corrected chi connectivity index (χ2v) is 4.85. The molecule has 1 heterocycles. The molecule has 1 saturated heterocycles. The van der Waals surface area contributed by atoms with Crippen molar-refractivity contribution in [2.45, 2.75) is 25.7 Å². The number of hydrogen-bond acceptors (Lipinski definition) is 3. The SMILES string of the molecule is C=CCOCCCC(=O)N1CCC(CNC)CC1. The molecular formula is C14H26N2O2. The van der Waals surface area contributed by atoms with Crippen LogP contribution in [-0.4, -0.2) is 50.7 Å². The van der Waals surface area contributed by atoms with E-state index in [0.717, 1.165) is 44.8 Å². The number of hydrogen-bond donors (Lipinski definition) is 1. The van der Waals surface area contributed by atoms with E-state index in [1.165, 1.54) is 0 Å². The lowest BCUT2D eigenvalue weighted by Gasteiger charge is -2.32. The van der Waals surface area contributed by atoms with Crippen LogP contribution < -0.4 is 5.32 Å². The van der Waals surface area contributed by atoms with Gasteiger partial charge < -0.3 is 15.0 Å². The average Bonchev–Trinajstić information content (AvgIpc) is 2.39. The largest absolute Gasteiger partial charge is 0.377 e. The average molecular weight is 254 g/mol. The predicted octanol–water partition coefficient (Wildman–Crippen LogP) is 1.43. The summed E-state index contributed by atoms with van der Waals surface area (Å²) >= 11 is 0. The molecule has 18 heavy (non-hydrogen) atoms. The summed E-state index contributed by atoms with van der Waals surface area (Å²) < 4.78 is 5.27. The first kappa shape index (κ1) is 15.2. The summed E-state index contributed by atoms with van der Waals surface area (Å²) in [5.74, 6) is 1.01. The Morgan fingerprint density at radius 1 is 1.50 bits per heavy atom. The minimum atomic E-state index is 0.278. The highest BCUT2D eigenvalue weighted by molar-refractivity contribution is 5.76. The number of likely N-dealkylation sites (tertiary alicyclic amines) is 1. The van der Waals surface area contributed by atoms with Crippen LogP contribution in [0.4, 0.5) is 0 Å². The van der Waals surface area contributed by atoms with Crippen LogP contribution in [0, 0.1) is 5.92 Å². The third-order valence-corrected chi connectivity index (χ3v) is 3.38. The standard InChI is InChI=1S/C14H26N2O2/c1-3-10-18-11-4-5-14(17)16-8-6-13(7-9-16)12-15-2/h3,13,15H,1,4-12H2,2H3. The predicted molar refractivity (Wildman–Crippen MR) is 73.5 cm³/mol. The maximum atomic E-state index is 11.9. The number of amides is 1. The minimum absolute atomic E-state index is 0.278. The zero-order valence-corrected chi connectivity index (χ0v) is 11.5. The lowest BCUT2D eigenvalue weighted by Crippen LogP contribution is -2.40. The van der Waals surface area contributed by atoms with Gasteiger partial charge in [-0.05, 0) is 38.8 Å². The number of ether oxygens (including phenoxy) is 1. The Labute approximate surface area is 110 Å². The molecule has 0 aromatic carbocycles. The van der Waals surface area contributed by atoms with Gasteiger partial charge in [0.25, 0.3) is 0 Å². The summed E-state index contributed by atoms with van der Waals surface area (Å²) in [7, 11) is 1.99. The third kappa shape index (κ3) is 5.65. The number of nitrogens with zero attached hydrogens (tertiary/aromatic N) is 1. The van der Waals surface area contributed by atoms with Crippen LogP contribution in [0.25, 0.3) is 0 Å². The van der Waals surface area contributed by atoms with Gasteiger partial charge in [-0.25, -0.2) is 0 Å². The second kappa shape index (κ2) is 9.11. The van der Waals surface area contributed by atoms with Crippen LogP contribution in [0.2, 0.25) is 0 Å². The fraction of sp³-hybridized carbons (Fsp3) is 0.786. The molecule has 0 atom stereocenters. The Morgan fingerprint density at radius 3 is 2.83 bits per heavy atom. The van der Waals surface area contributed by atoms with E-state index >= 15 is 0 Å². The highest BCUT2D eigenvalue weighted by Crippen LogP contribution is 2.17. The molecule has 0 aliphatic carbocycles. The van der Waals surface area contributed by atoms with Crippen LogP contribution in [0.15, 0.2) is 12.7 Å². The van der Waals surface area contributed by atoms with Crippen LogP contribution in [0.5, 0.6) is 0 Å². The monoisotopic (exact) mass is 254 g/mol. The second-order valence-electron chi connectivity index (χ2n) is 4.85. The molecular weight excluding hydrogens is 228 g/mol. The lowest BCUT2D eigenvalue weighted by molar-refractivity contribution is -0.132. The van der Waals surface area contributed by atoms with Gasteiger partial charge in [0.2, 0.25) is 5.91 Å². The molecule has 0 aromatic rings. The first-order valence-electron chi connectivity index (χ1n) is 6.89. The molecule has 0 saturated carbocycles. The van der Waals surface area contributed by atoms with E-state index in [0.29, 0.717) is 19.6 Å². The molecule has 4 nitrogen and oxygen atoms in total. The molecule has 1 fully saturated rings. The molecule has 1 rings (SSSR count). The van der Waals surface area contributed by atoms with Crippen molar-refractivity contribution in [1.29, 1.82) is 0 Å². The summed E-state index contributed by atoms with van der Waals surface area (Å²) in [5.41, 5.74) is 0. The van der Waals surface area contributed by atoms with Crippen molar-refractivity contribution >= 4 is 5.91 Å². The van der Waals surface area contributed by atoms with Crippen molar-refractivity contribution in [1.82, 2.24) is 10.2 Å². The van der Waals surface area contributed by atoms with Crippen molar-refractivity contribution in [3.05, 3.63) is 12.7 Å². The maximum absolute atomic E-state index is 11.9. The van der Waals surface area contributed by atoms with E-state index in [-0.39, 0.29) is 5.91 Å². The fourth-order valence-corrected chi connectivity index (χ4v) is 2.33. The van der Waals surface area contributed by atoms with Gasteiger partial charge in [0.15, 0.2) is 0 Å². The third-order valence-electron chi connectivity index (χ3n) is 3.38. The molecule has 104 valence electrons. The Bertz CT molecular complexity index is 248. The van der Waals surface area contributed by atoms with Crippen molar-refractivity contribution in [3.8, 4) is 0 Å². The first-order chi connectivity index (χ1) is 8.77. The first-order valence-corrected chi connectivity index (χ1v) is 6.89. The molecule has 0 aromatic heterocycles. The molecule has 0 bridgehead atoms. The number of carbonyl (C=O) groups is 1. The zero-order chi connectivity index (χ0) is 13.2. The fourth-order valence-electron chi connectivity index (χ4n) is 2.33. The highest BCUT2D eigenvalue weighted by Gasteiger charge is 2.21. The van der Waals surface area contributed by atoms with E-state index in [9.17, 15) is 4.79 Å². The summed E-state index contributed by atoms with van der Waals surface area (Å²) in [4.78, 5) is 13.9. The zero-order valence-electron chi connectivity index (χ0n) is 11.5. The molecule has 0 spiro atoms. The molecule has 4 heteroatoms. The maximum Gasteiger partial charge on any atom is 0.222 e. The summed E-state index contributed by atoms with van der Waals surface area (Å²) in [5, 5.41) is 3.21. The smallest absolute Gasteiger partial charge is 0.222 e. The number of nitrogens with one attached hydrogen (secondary N) is 1. The summed E-state index contributed by atoms with van der Waals surface area (Å²) in [6, 6.07) is 0. The van der Waals surface area contributed by atoms with Crippen molar-refractivity contribution in [3.63, 3.8) is 0 Å². The highest BCUT2D eigenvalue weighted by atomic mass is 16.5. The van der Waals surface area contributed by atoms with Gasteiger partial charge >= 0.3 is 0 Å². The number of carbonyl (C=O) groups excluding carboxylic acids is 1. The van der Waals surface area contributed by atoms with Gasteiger partial charge in [-0.3, -0.25) is 4.79 Å². The van der Waals surface area contributed by atoms with Gasteiger partial charge in [0.05, 0.1) is 6.61 Å². The van der Waals surface area contributed by atoms with Crippen molar-refractivity contribution < 1.29 is 9.53 Å². The molecule has 0 unspecified atom stereocenters. The van der Waals surface area contributed by atoms with Gasteiger partial charge in [-0.15, -0.1) is 6.58 Å². The lowest BCUT2D eigenvalue weighted by atomic mass is 9.96. The Hall–Kier alpha value is -0.870. The van der Waals surface area contributed by atoms with Gasteiger partial charge in [0, 0.05) is 26.1 Å². The molecule has 1 amide bonds. The van der Waals surface area contributed by atoms with Crippen molar-refractivity contribution in [2.24, 2.45) is 5.92 Å². The van der Waals surface area contributed by atoms with E-state index in [4.69, 9.17) is 4.74 Å². The molecule has 1 aliphatic rings. The van der Waals surface area contributed by atoms with E-state index < -0.39 is 0 Å². The van der Waals surface area contributed by atoms with Gasteiger partial charge in [-0.1, -0.05) is 6.08 Å². The van der Waals surface area contributed by atoms with Crippen LogP contribution in [0.1, 0.15) is 25.7 Å². The Kier molecular flexibility index (Phi) is 7.69. The number of rotatable bonds is 8. The van der Waals surface area contributed by atoms with E-state index in [2.05, 4.69) is 11.9 Å². The molecule has 1 N–H and O–H groups in total. The van der Waals surface area contributed by atoms with Gasteiger partial charge in [0.1, 0.15) is 0 Å². The van der Waals surface area contributed by atoms with Crippen LogP contribution >= 0.6 is 0 Å². The minimum Gasteiger partial charge on any atom is -0.377 e. The van der Waals surface area contributed by atoms with Crippen LogP contribution in [0.3, 0.4) is 0 Å². The summed E-state index contributed by atoms with van der Waals surface area (Å²) in [6.07, 6.45) is 5.39. The molecule has 0 radical (unpaired) electrons. The molecule has 1 aliphatic heterocycles. The van der Waals surface area contributed by atoms with Gasteiger partial charge in [-0.2, -0.15) is 0 Å². The van der Waals surface area contributed by atoms with Crippen molar-refractivity contribution in [2.75, 3.05) is 39.9 Å². The number of piperidine rings is 1. The topological polar surface area (TPSA) is 41.6 Å². The van der Waals surface area contributed by atoms with E-state index in [1.54, 1.807) is 6.08 Å². The summed E-state index contributed by atoms with van der Waals surface area (Å²) in [6.45, 7) is 7.70. The Balaban J connectivity index is 2.10. The quantitative estimate of drug-likeness (QED) is 0.526. The Morgan fingerprint density at radius 2 is 2.22 bits per heavy atom. The van der Waals surface area contributed by atoms with E-state index in [1.807, 2.05) is 11.9 Å².